The molecule has 24 heavy (non-hydrogen) atoms. The molecule has 0 aliphatic rings. The fourth-order valence-corrected chi connectivity index (χ4v) is 2.84. The van der Waals surface area contributed by atoms with E-state index >= 15 is 0 Å². The van der Waals surface area contributed by atoms with Crippen molar-refractivity contribution in [2.24, 2.45) is 11.7 Å². The van der Waals surface area contributed by atoms with Crippen LogP contribution in [0.15, 0.2) is 29.2 Å². The summed E-state index contributed by atoms with van der Waals surface area (Å²) in [5.74, 6) is -0.188. The van der Waals surface area contributed by atoms with Crippen LogP contribution in [0, 0.1) is 5.92 Å². The lowest BCUT2D eigenvalue weighted by atomic mass is 10.0. The normalized spacial score (nSPS) is 13.8. The summed E-state index contributed by atoms with van der Waals surface area (Å²) < 4.78 is 61.2. The average Bonchev–Trinajstić information content (AvgIpc) is 2.44. The number of halogens is 3. The molecule has 0 fully saturated rings. The van der Waals surface area contributed by atoms with E-state index in [-0.39, 0.29) is 10.8 Å². The third-order valence-corrected chi connectivity index (χ3v) is 4.37. The SMILES string of the molecule is CC(C)C[C@H](N)C(=O)Nc1ccc(S(=O)(=O)NCC(F)(F)F)cc1. The number of carbonyl (C=O) groups excluding carboxylic acids is 1. The second kappa shape index (κ2) is 7.95. The maximum atomic E-state index is 12.1. The van der Waals surface area contributed by atoms with Crippen molar-refractivity contribution in [3.8, 4) is 0 Å². The quantitative estimate of drug-likeness (QED) is 0.684. The summed E-state index contributed by atoms with van der Waals surface area (Å²) in [6.45, 7) is 2.18. The van der Waals surface area contributed by atoms with Crippen LogP contribution in [0.3, 0.4) is 0 Å². The van der Waals surface area contributed by atoms with Gasteiger partial charge in [-0.3, -0.25) is 4.79 Å². The highest BCUT2D eigenvalue weighted by Crippen LogP contribution is 2.17. The summed E-state index contributed by atoms with van der Waals surface area (Å²) >= 11 is 0. The molecule has 1 aromatic rings. The molecule has 1 amide bonds. The van der Waals surface area contributed by atoms with E-state index in [0.717, 1.165) is 12.1 Å². The van der Waals surface area contributed by atoms with Gasteiger partial charge in [0.2, 0.25) is 15.9 Å². The number of carbonyl (C=O) groups is 1. The minimum Gasteiger partial charge on any atom is -0.325 e. The van der Waals surface area contributed by atoms with Crippen molar-refractivity contribution in [3.05, 3.63) is 24.3 Å². The van der Waals surface area contributed by atoms with Crippen molar-refractivity contribution in [2.45, 2.75) is 37.4 Å². The molecule has 0 aliphatic heterocycles. The number of anilines is 1. The Balaban J connectivity index is 2.73. The van der Waals surface area contributed by atoms with Crippen LogP contribution in [0.2, 0.25) is 0 Å². The van der Waals surface area contributed by atoms with Crippen LogP contribution in [0.25, 0.3) is 0 Å². The molecule has 0 radical (unpaired) electrons. The van der Waals surface area contributed by atoms with Crippen LogP contribution < -0.4 is 15.8 Å². The lowest BCUT2D eigenvalue weighted by Gasteiger charge is -2.14. The first-order chi connectivity index (χ1) is 10.9. The molecule has 0 heterocycles. The maximum absolute atomic E-state index is 12.1. The Morgan fingerprint density at radius 3 is 2.21 bits per heavy atom. The smallest absolute Gasteiger partial charge is 0.325 e. The van der Waals surface area contributed by atoms with E-state index in [2.05, 4.69) is 5.32 Å². The van der Waals surface area contributed by atoms with Crippen LogP contribution in [0.5, 0.6) is 0 Å². The molecule has 0 aliphatic carbocycles. The van der Waals surface area contributed by atoms with Gasteiger partial charge in [-0.15, -0.1) is 0 Å². The Hall–Kier alpha value is -1.65. The summed E-state index contributed by atoms with van der Waals surface area (Å²) in [6, 6.07) is 4.05. The molecule has 4 N–H and O–H groups in total. The number of hydrogen-bond donors (Lipinski definition) is 3. The fourth-order valence-electron chi connectivity index (χ4n) is 1.83. The number of alkyl halides is 3. The topological polar surface area (TPSA) is 101 Å². The van der Waals surface area contributed by atoms with Gasteiger partial charge >= 0.3 is 6.18 Å². The highest BCUT2D eigenvalue weighted by Gasteiger charge is 2.30. The van der Waals surface area contributed by atoms with Crippen molar-refractivity contribution in [3.63, 3.8) is 0 Å². The first-order valence-electron chi connectivity index (χ1n) is 7.13. The molecule has 6 nitrogen and oxygen atoms in total. The zero-order valence-corrected chi connectivity index (χ0v) is 14.0. The van der Waals surface area contributed by atoms with Crippen molar-refractivity contribution in [1.29, 1.82) is 0 Å². The fraction of sp³-hybridized carbons (Fsp3) is 0.500. The molecular weight excluding hydrogens is 347 g/mol. The molecular formula is C14H20F3N3O3S. The lowest BCUT2D eigenvalue weighted by Crippen LogP contribution is -2.36. The van der Waals surface area contributed by atoms with Gasteiger partial charge in [-0.2, -0.15) is 13.2 Å². The largest absolute Gasteiger partial charge is 0.402 e. The van der Waals surface area contributed by atoms with E-state index in [9.17, 15) is 26.4 Å². The van der Waals surface area contributed by atoms with E-state index in [1.807, 2.05) is 13.8 Å². The van der Waals surface area contributed by atoms with E-state index in [4.69, 9.17) is 5.73 Å². The summed E-state index contributed by atoms with van der Waals surface area (Å²) in [4.78, 5) is 11.5. The Bertz CT molecular complexity index is 658. The predicted octanol–water partition coefficient (Wildman–Crippen LogP) is 1.84. The maximum Gasteiger partial charge on any atom is 0.402 e. The molecule has 0 spiro atoms. The van der Waals surface area contributed by atoms with Gasteiger partial charge in [0.05, 0.1) is 10.9 Å². The van der Waals surface area contributed by atoms with Crippen LogP contribution >= 0.6 is 0 Å². The number of nitrogens with one attached hydrogen (secondary N) is 2. The Kier molecular flexibility index (Phi) is 6.76. The first kappa shape index (κ1) is 20.4. The van der Waals surface area contributed by atoms with Crippen molar-refractivity contribution >= 4 is 21.6 Å². The Labute approximate surface area is 138 Å². The summed E-state index contributed by atoms with van der Waals surface area (Å²) in [7, 11) is -4.28. The summed E-state index contributed by atoms with van der Waals surface area (Å²) in [6.07, 6.45) is -4.16. The van der Waals surface area contributed by atoms with Crippen molar-refractivity contribution < 1.29 is 26.4 Å². The van der Waals surface area contributed by atoms with Gasteiger partial charge in [-0.1, -0.05) is 13.8 Å². The lowest BCUT2D eigenvalue weighted by molar-refractivity contribution is -0.121. The minimum absolute atomic E-state index is 0.234. The van der Waals surface area contributed by atoms with Gasteiger partial charge in [0, 0.05) is 5.69 Å². The standard InChI is InChI=1S/C14H20F3N3O3S/c1-9(2)7-12(18)13(21)20-10-3-5-11(6-4-10)24(22,23)19-8-14(15,16)17/h3-6,9,12,19H,7-8,18H2,1-2H3,(H,20,21)/t12-/m0/s1. The molecule has 0 unspecified atom stereocenters. The van der Waals surface area contributed by atoms with Gasteiger partial charge < -0.3 is 11.1 Å². The summed E-state index contributed by atoms with van der Waals surface area (Å²) in [5, 5.41) is 2.52. The first-order valence-corrected chi connectivity index (χ1v) is 8.62. The molecule has 1 atom stereocenters. The monoisotopic (exact) mass is 367 g/mol. The summed E-state index contributed by atoms with van der Waals surface area (Å²) in [5.41, 5.74) is 6.02. The van der Waals surface area contributed by atoms with Crippen LogP contribution in [-0.2, 0) is 14.8 Å². The molecule has 0 saturated heterocycles. The van der Waals surface area contributed by atoms with Gasteiger partial charge in [0.1, 0.15) is 6.54 Å². The second-order valence-electron chi connectivity index (χ2n) is 5.69. The van der Waals surface area contributed by atoms with Crippen LogP contribution in [-0.4, -0.2) is 33.1 Å². The van der Waals surface area contributed by atoms with E-state index < -0.39 is 34.7 Å². The van der Waals surface area contributed by atoms with E-state index in [1.165, 1.54) is 16.9 Å². The number of sulfonamides is 1. The van der Waals surface area contributed by atoms with Gasteiger partial charge in [-0.25, -0.2) is 13.1 Å². The Morgan fingerprint density at radius 1 is 1.21 bits per heavy atom. The van der Waals surface area contributed by atoms with E-state index in [1.54, 1.807) is 0 Å². The molecule has 1 rings (SSSR count). The van der Waals surface area contributed by atoms with Crippen LogP contribution in [0.4, 0.5) is 18.9 Å². The van der Waals surface area contributed by atoms with E-state index in [0.29, 0.717) is 12.1 Å². The predicted molar refractivity (Wildman–Crippen MR) is 83.7 cm³/mol. The van der Waals surface area contributed by atoms with Gasteiger partial charge in [0.25, 0.3) is 0 Å². The zero-order chi connectivity index (χ0) is 18.5. The second-order valence-corrected chi connectivity index (χ2v) is 7.46. The third kappa shape index (κ3) is 6.85. The molecule has 10 heteroatoms. The minimum atomic E-state index is -4.65. The molecule has 0 aromatic heterocycles. The zero-order valence-electron chi connectivity index (χ0n) is 13.2. The number of benzene rings is 1. The number of hydrogen-bond acceptors (Lipinski definition) is 4. The molecule has 0 saturated carbocycles. The molecule has 136 valence electrons. The van der Waals surface area contributed by atoms with Gasteiger partial charge in [0.15, 0.2) is 0 Å². The highest BCUT2D eigenvalue weighted by molar-refractivity contribution is 7.89. The third-order valence-electron chi connectivity index (χ3n) is 2.96. The average molecular weight is 367 g/mol. The van der Waals surface area contributed by atoms with Gasteiger partial charge in [-0.05, 0) is 36.6 Å². The van der Waals surface area contributed by atoms with Crippen molar-refractivity contribution in [1.82, 2.24) is 4.72 Å². The number of amides is 1. The highest BCUT2D eigenvalue weighted by atomic mass is 32.2. The number of nitrogens with two attached hydrogens (primary N) is 1. The van der Waals surface area contributed by atoms with Crippen molar-refractivity contribution in [2.75, 3.05) is 11.9 Å². The van der Waals surface area contributed by atoms with Crippen LogP contribution in [0.1, 0.15) is 20.3 Å². The Morgan fingerprint density at radius 2 is 1.75 bits per heavy atom. The molecule has 0 bridgehead atoms. The number of rotatable bonds is 7. The molecule has 1 aromatic carbocycles.